The van der Waals surface area contributed by atoms with Crippen molar-refractivity contribution in [2.75, 3.05) is 19.6 Å². The lowest BCUT2D eigenvalue weighted by Gasteiger charge is -2.39. The van der Waals surface area contributed by atoms with E-state index in [4.69, 9.17) is 0 Å². The Morgan fingerprint density at radius 3 is 2.15 bits per heavy atom. The number of amides is 2. The standard InChI is InChI=1S/C25H33N3O4S/c1-18-6-8-20(9-7-18)16-26-24(30)23-17-27(19(2)29)14-15-28(23)33(31,32)22-12-10-21(11-13-22)25(3,4)5/h6-13,23H,14-17H2,1-5H3,(H,26,30)/t23-/m1/s1. The number of aryl methyl sites for hydroxylation is 1. The van der Waals surface area contributed by atoms with Crippen molar-refractivity contribution in [3.05, 3.63) is 65.2 Å². The number of hydrogen-bond donors (Lipinski definition) is 1. The van der Waals surface area contributed by atoms with E-state index in [0.29, 0.717) is 0 Å². The van der Waals surface area contributed by atoms with Crippen LogP contribution in [0.1, 0.15) is 44.4 Å². The summed E-state index contributed by atoms with van der Waals surface area (Å²) in [7, 11) is -3.92. The van der Waals surface area contributed by atoms with Crippen LogP contribution in [-0.2, 0) is 31.6 Å². The Bertz CT molecular complexity index is 1100. The average molecular weight is 472 g/mol. The Balaban J connectivity index is 1.84. The van der Waals surface area contributed by atoms with E-state index in [-0.39, 0.29) is 42.4 Å². The fraction of sp³-hybridized carbons (Fsp3) is 0.440. The Labute approximate surface area is 196 Å². The van der Waals surface area contributed by atoms with Crippen molar-refractivity contribution in [1.29, 1.82) is 0 Å². The van der Waals surface area contributed by atoms with Crippen LogP contribution >= 0.6 is 0 Å². The summed E-state index contributed by atoms with van der Waals surface area (Å²) in [4.78, 5) is 26.7. The molecule has 2 aromatic carbocycles. The monoisotopic (exact) mass is 471 g/mol. The third-order valence-corrected chi connectivity index (χ3v) is 7.92. The van der Waals surface area contributed by atoms with Gasteiger partial charge in [-0.3, -0.25) is 9.59 Å². The third kappa shape index (κ3) is 5.81. The molecule has 0 aromatic heterocycles. The summed E-state index contributed by atoms with van der Waals surface area (Å²) in [6.45, 7) is 10.2. The molecule has 178 valence electrons. The van der Waals surface area contributed by atoms with Crippen LogP contribution in [0.25, 0.3) is 0 Å². The van der Waals surface area contributed by atoms with Crippen LogP contribution in [0.5, 0.6) is 0 Å². The van der Waals surface area contributed by atoms with Gasteiger partial charge >= 0.3 is 0 Å². The zero-order valence-electron chi connectivity index (χ0n) is 20.0. The number of carbonyl (C=O) groups is 2. The van der Waals surface area contributed by atoms with Gasteiger partial charge in [-0.1, -0.05) is 62.7 Å². The molecular formula is C25H33N3O4S. The highest BCUT2D eigenvalue weighted by molar-refractivity contribution is 7.89. The van der Waals surface area contributed by atoms with Crippen LogP contribution in [0, 0.1) is 6.92 Å². The van der Waals surface area contributed by atoms with Gasteiger partial charge < -0.3 is 10.2 Å². The van der Waals surface area contributed by atoms with E-state index in [9.17, 15) is 18.0 Å². The molecule has 7 nitrogen and oxygen atoms in total. The lowest BCUT2D eigenvalue weighted by Crippen LogP contribution is -2.61. The largest absolute Gasteiger partial charge is 0.351 e. The van der Waals surface area contributed by atoms with Gasteiger partial charge in [0.25, 0.3) is 0 Å². The normalized spacial score (nSPS) is 17.6. The van der Waals surface area contributed by atoms with Crippen LogP contribution in [0.4, 0.5) is 0 Å². The lowest BCUT2D eigenvalue weighted by molar-refractivity contribution is -0.134. The molecule has 1 aliphatic heterocycles. The second-order valence-corrected chi connectivity index (χ2v) is 11.5. The van der Waals surface area contributed by atoms with Crippen molar-refractivity contribution in [1.82, 2.24) is 14.5 Å². The number of rotatable bonds is 5. The Kier molecular flexibility index (Phi) is 7.29. The molecule has 33 heavy (non-hydrogen) atoms. The molecule has 0 aliphatic carbocycles. The van der Waals surface area contributed by atoms with Crippen molar-refractivity contribution in [2.24, 2.45) is 0 Å². The quantitative estimate of drug-likeness (QED) is 0.727. The van der Waals surface area contributed by atoms with Crippen LogP contribution in [0.2, 0.25) is 0 Å². The molecule has 1 heterocycles. The van der Waals surface area contributed by atoms with Gasteiger partial charge in [-0.25, -0.2) is 8.42 Å². The third-order valence-electron chi connectivity index (χ3n) is 5.99. The molecule has 2 amide bonds. The van der Waals surface area contributed by atoms with E-state index >= 15 is 0 Å². The molecule has 0 radical (unpaired) electrons. The van der Waals surface area contributed by atoms with Crippen molar-refractivity contribution in [3.63, 3.8) is 0 Å². The minimum absolute atomic E-state index is 0.0222. The first-order valence-electron chi connectivity index (χ1n) is 11.1. The number of nitrogens with one attached hydrogen (secondary N) is 1. The van der Waals surface area contributed by atoms with Gasteiger partial charge in [-0.2, -0.15) is 4.31 Å². The van der Waals surface area contributed by atoms with Crippen molar-refractivity contribution >= 4 is 21.8 Å². The SMILES string of the molecule is CC(=O)N1CCN(S(=O)(=O)c2ccc(C(C)(C)C)cc2)[C@@H](C(=O)NCc2ccc(C)cc2)C1. The minimum Gasteiger partial charge on any atom is -0.351 e. The van der Waals surface area contributed by atoms with E-state index in [0.717, 1.165) is 16.7 Å². The van der Waals surface area contributed by atoms with E-state index in [2.05, 4.69) is 26.1 Å². The van der Waals surface area contributed by atoms with Crippen molar-refractivity contribution in [3.8, 4) is 0 Å². The zero-order chi connectivity index (χ0) is 24.4. The molecule has 1 N–H and O–H groups in total. The summed E-state index contributed by atoms with van der Waals surface area (Å²) < 4.78 is 28.2. The van der Waals surface area contributed by atoms with Gasteiger partial charge in [-0.05, 0) is 35.6 Å². The number of piperazine rings is 1. The Morgan fingerprint density at radius 2 is 1.61 bits per heavy atom. The molecule has 8 heteroatoms. The van der Waals surface area contributed by atoms with Crippen molar-refractivity contribution in [2.45, 2.75) is 57.5 Å². The highest BCUT2D eigenvalue weighted by Gasteiger charge is 2.40. The summed E-state index contributed by atoms with van der Waals surface area (Å²) in [5.74, 6) is -0.602. The molecule has 0 unspecified atom stereocenters. The van der Waals surface area contributed by atoms with Gasteiger partial charge in [0, 0.05) is 33.1 Å². The van der Waals surface area contributed by atoms with Gasteiger partial charge in [0.05, 0.1) is 4.90 Å². The van der Waals surface area contributed by atoms with Gasteiger partial charge in [-0.15, -0.1) is 0 Å². The molecule has 3 rings (SSSR count). The number of hydrogen-bond acceptors (Lipinski definition) is 4. The summed E-state index contributed by atoms with van der Waals surface area (Å²) >= 11 is 0. The maximum atomic E-state index is 13.5. The first kappa shape index (κ1) is 24.9. The number of carbonyl (C=O) groups excluding carboxylic acids is 2. The lowest BCUT2D eigenvalue weighted by atomic mass is 9.87. The summed E-state index contributed by atoms with van der Waals surface area (Å²) in [6, 6.07) is 13.6. The summed E-state index contributed by atoms with van der Waals surface area (Å²) in [6.07, 6.45) is 0. The van der Waals surface area contributed by atoms with E-state index in [1.54, 1.807) is 12.1 Å². The van der Waals surface area contributed by atoms with Crippen LogP contribution in [-0.4, -0.2) is 55.1 Å². The predicted molar refractivity (Wildman–Crippen MR) is 128 cm³/mol. The van der Waals surface area contributed by atoms with E-state index in [1.165, 1.54) is 16.1 Å². The van der Waals surface area contributed by atoms with E-state index < -0.39 is 22.0 Å². The molecular weight excluding hydrogens is 438 g/mol. The molecule has 1 atom stereocenters. The zero-order valence-corrected chi connectivity index (χ0v) is 20.8. The van der Waals surface area contributed by atoms with Crippen molar-refractivity contribution < 1.29 is 18.0 Å². The fourth-order valence-corrected chi connectivity index (χ4v) is 5.40. The summed E-state index contributed by atoms with van der Waals surface area (Å²) in [5.41, 5.74) is 2.95. The Morgan fingerprint density at radius 1 is 1.00 bits per heavy atom. The van der Waals surface area contributed by atoms with Gasteiger partial charge in [0.1, 0.15) is 6.04 Å². The molecule has 0 spiro atoms. The van der Waals surface area contributed by atoms with Crippen LogP contribution in [0.3, 0.4) is 0 Å². The van der Waals surface area contributed by atoms with Gasteiger partial charge in [0.2, 0.25) is 21.8 Å². The molecule has 0 bridgehead atoms. The first-order chi connectivity index (χ1) is 15.4. The Hall–Kier alpha value is -2.71. The number of nitrogens with zero attached hydrogens (tertiary/aromatic N) is 2. The van der Waals surface area contributed by atoms with Gasteiger partial charge in [0.15, 0.2) is 0 Å². The van der Waals surface area contributed by atoms with E-state index in [1.807, 2.05) is 43.3 Å². The maximum Gasteiger partial charge on any atom is 0.243 e. The average Bonchev–Trinajstić information content (AvgIpc) is 2.77. The highest BCUT2D eigenvalue weighted by atomic mass is 32.2. The van der Waals surface area contributed by atoms with Crippen LogP contribution < -0.4 is 5.32 Å². The smallest absolute Gasteiger partial charge is 0.243 e. The molecule has 1 aliphatic rings. The highest BCUT2D eigenvalue weighted by Crippen LogP contribution is 2.26. The second-order valence-electron chi connectivity index (χ2n) is 9.57. The molecule has 0 saturated carbocycles. The molecule has 2 aromatic rings. The first-order valence-corrected chi connectivity index (χ1v) is 12.5. The summed E-state index contributed by atoms with van der Waals surface area (Å²) in [5, 5.41) is 2.85. The minimum atomic E-state index is -3.92. The predicted octanol–water partition coefficient (Wildman–Crippen LogP) is 2.83. The number of sulfonamides is 1. The molecule has 1 fully saturated rings. The van der Waals surface area contributed by atoms with Crippen LogP contribution in [0.15, 0.2) is 53.4 Å². The number of benzene rings is 2. The fourth-order valence-electron chi connectivity index (χ4n) is 3.83. The maximum absolute atomic E-state index is 13.5. The second kappa shape index (κ2) is 9.65. The topological polar surface area (TPSA) is 86.8 Å². The molecule has 1 saturated heterocycles.